The van der Waals surface area contributed by atoms with Crippen LogP contribution in [-0.2, 0) is 17.6 Å². The molecule has 1 aliphatic carbocycles. The molecular weight excluding hydrogens is 268 g/mol. The van der Waals surface area contributed by atoms with Gasteiger partial charge in [0, 0.05) is 6.04 Å². The maximum absolute atomic E-state index is 12.4. The first kappa shape index (κ1) is 15.0. The summed E-state index contributed by atoms with van der Waals surface area (Å²) >= 11 is 5.05. The molecule has 0 saturated heterocycles. The minimum Gasteiger partial charge on any atom is -0.392 e. The highest BCUT2D eigenvalue weighted by atomic mass is 32.1. The van der Waals surface area contributed by atoms with E-state index in [-0.39, 0.29) is 16.9 Å². The molecule has 0 bridgehead atoms. The molecule has 108 valence electrons. The summed E-state index contributed by atoms with van der Waals surface area (Å²) in [6, 6.07) is 8.60. The van der Waals surface area contributed by atoms with Crippen molar-refractivity contribution in [2.24, 2.45) is 11.1 Å². The minimum absolute atomic E-state index is 0.0446. The van der Waals surface area contributed by atoms with Gasteiger partial charge in [-0.1, -0.05) is 43.4 Å². The molecule has 0 fully saturated rings. The summed E-state index contributed by atoms with van der Waals surface area (Å²) in [4.78, 5) is 12.7. The first-order valence-corrected chi connectivity index (χ1v) is 7.56. The summed E-state index contributed by atoms with van der Waals surface area (Å²) in [6.07, 6.45) is 3.49. The number of hydrogen-bond acceptors (Lipinski definition) is 2. The Morgan fingerprint density at radius 1 is 1.45 bits per heavy atom. The molecule has 0 aromatic heterocycles. The fourth-order valence-electron chi connectivity index (χ4n) is 2.61. The standard InChI is InChI=1S/C16H22N2OS/c1-3-16(2,14(17)20)15(19)18-13-9-8-11-6-4-5-7-12(11)10-13/h4-7,13H,3,8-10H2,1-2H3,(H2,17,20)(H,18,19). The van der Waals surface area contributed by atoms with Gasteiger partial charge in [0.2, 0.25) is 5.91 Å². The second-order valence-corrected chi connectivity index (χ2v) is 6.17. The van der Waals surface area contributed by atoms with Crippen LogP contribution in [0.25, 0.3) is 0 Å². The van der Waals surface area contributed by atoms with Crippen LogP contribution in [0.1, 0.15) is 37.8 Å². The topological polar surface area (TPSA) is 55.1 Å². The number of nitrogens with one attached hydrogen (secondary N) is 1. The molecule has 2 rings (SSSR count). The maximum Gasteiger partial charge on any atom is 0.232 e. The largest absolute Gasteiger partial charge is 0.392 e. The normalized spacial score (nSPS) is 20.6. The van der Waals surface area contributed by atoms with Crippen LogP contribution >= 0.6 is 12.2 Å². The molecule has 0 aliphatic heterocycles. The molecule has 3 nitrogen and oxygen atoms in total. The molecular formula is C16H22N2OS. The number of rotatable bonds is 4. The summed E-state index contributed by atoms with van der Waals surface area (Å²) in [5, 5.41) is 3.13. The third kappa shape index (κ3) is 2.85. The molecule has 1 aromatic carbocycles. The molecule has 4 heteroatoms. The van der Waals surface area contributed by atoms with Crippen LogP contribution in [0.5, 0.6) is 0 Å². The molecule has 0 heterocycles. The van der Waals surface area contributed by atoms with Crippen molar-refractivity contribution in [3.8, 4) is 0 Å². The summed E-state index contributed by atoms with van der Waals surface area (Å²) < 4.78 is 0. The van der Waals surface area contributed by atoms with Gasteiger partial charge in [-0.2, -0.15) is 0 Å². The van der Waals surface area contributed by atoms with E-state index in [0.717, 1.165) is 19.3 Å². The third-order valence-corrected chi connectivity index (χ3v) is 4.88. The summed E-state index contributed by atoms with van der Waals surface area (Å²) in [7, 11) is 0. The predicted octanol–water partition coefficient (Wildman–Crippen LogP) is 2.36. The van der Waals surface area contributed by atoms with Gasteiger partial charge in [0.05, 0.1) is 10.4 Å². The van der Waals surface area contributed by atoms with E-state index >= 15 is 0 Å². The van der Waals surface area contributed by atoms with Gasteiger partial charge in [0.15, 0.2) is 0 Å². The minimum atomic E-state index is -0.744. The second-order valence-electron chi connectivity index (χ2n) is 5.73. The number of carbonyl (C=O) groups excluding carboxylic acids is 1. The number of benzene rings is 1. The zero-order valence-electron chi connectivity index (χ0n) is 12.1. The third-order valence-electron chi connectivity index (χ3n) is 4.43. The highest BCUT2D eigenvalue weighted by Gasteiger charge is 2.36. The lowest BCUT2D eigenvalue weighted by molar-refractivity contribution is -0.127. The van der Waals surface area contributed by atoms with Gasteiger partial charge in [0.1, 0.15) is 0 Å². The number of fused-ring (bicyclic) bond motifs is 1. The van der Waals surface area contributed by atoms with E-state index in [1.807, 2.05) is 19.9 Å². The van der Waals surface area contributed by atoms with Crippen LogP contribution in [0.15, 0.2) is 24.3 Å². The molecule has 2 unspecified atom stereocenters. The van der Waals surface area contributed by atoms with Crippen molar-refractivity contribution >= 4 is 23.1 Å². The molecule has 1 amide bonds. The number of aryl methyl sites for hydroxylation is 1. The van der Waals surface area contributed by atoms with E-state index in [0.29, 0.717) is 6.42 Å². The van der Waals surface area contributed by atoms with Crippen LogP contribution in [0.2, 0.25) is 0 Å². The molecule has 2 atom stereocenters. The lowest BCUT2D eigenvalue weighted by Gasteiger charge is -2.31. The lowest BCUT2D eigenvalue weighted by Crippen LogP contribution is -2.50. The molecule has 1 aromatic rings. The SMILES string of the molecule is CCC(C)(C(=O)NC1CCc2ccccc2C1)C(N)=S. The molecule has 0 spiro atoms. The van der Waals surface area contributed by atoms with Crippen LogP contribution < -0.4 is 11.1 Å². The van der Waals surface area contributed by atoms with Gasteiger partial charge < -0.3 is 11.1 Å². The predicted molar refractivity (Wildman–Crippen MR) is 85.6 cm³/mol. The number of carbonyl (C=O) groups is 1. The monoisotopic (exact) mass is 290 g/mol. The first-order chi connectivity index (χ1) is 9.47. The Morgan fingerprint density at radius 2 is 2.10 bits per heavy atom. The van der Waals surface area contributed by atoms with E-state index in [4.69, 9.17) is 18.0 Å². The molecule has 0 radical (unpaired) electrons. The quantitative estimate of drug-likeness (QED) is 0.837. The number of hydrogen-bond donors (Lipinski definition) is 2. The number of thiocarbonyl (C=S) groups is 1. The van der Waals surface area contributed by atoms with Crippen molar-refractivity contribution < 1.29 is 4.79 Å². The lowest BCUT2D eigenvalue weighted by atomic mass is 9.84. The van der Waals surface area contributed by atoms with Crippen LogP contribution in [-0.4, -0.2) is 16.9 Å². The van der Waals surface area contributed by atoms with Gasteiger partial charge in [0.25, 0.3) is 0 Å². The van der Waals surface area contributed by atoms with Crippen LogP contribution in [0, 0.1) is 5.41 Å². The summed E-state index contributed by atoms with van der Waals surface area (Å²) in [5.74, 6) is -0.0446. The van der Waals surface area contributed by atoms with E-state index in [9.17, 15) is 4.79 Å². The van der Waals surface area contributed by atoms with E-state index in [1.54, 1.807) is 0 Å². The summed E-state index contributed by atoms with van der Waals surface area (Å²) in [6.45, 7) is 3.76. The van der Waals surface area contributed by atoms with Gasteiger partial charge in [-0.25, -0.2) is 0 Å². The average Bonchev–Trinajstić information content (AvgIpc) is 2.45. The molecule has 3 N–H and O–H groups in total. The van der Waals surface area contributed by atoms with E-state index in [2.05, 4.69) is 23.5 Å². The van der Waals surface area contributed by atoms with E-state index < -0.39 is 5.41 Å². The van der Waals surface area contributed by atoms with Crippen molar-refractivity contribution in [1.82, 2.24) is 5.32 Å². The average molecular weight is 290 g/mol. The van der Waals surface area contributed by atoms with Gasteiger partial charge >= 0.3 is 0 Å². The fraction of sp³-hybridized carbons (Fsp3) is 0.500. The fourth-order valence-corrected chi connectivity index (χ4v) is 2.85. The first-order valence-electron chi connectivity index (χ1n) is 7.15. The van der Waals surface area contributed by atoms with Crippen molar-refractivity contribution in [1.29, 1.82) is 0 Å². The van der Waals surface area contributed by atoms with Crippen LogP contribution in [0.3, 0.4) is 0 Å². The number of amides is 1. The van der Waals surface area contributed by atoms with Crippen molar-refractivity contribution in [2.75, 3.05) is 0 Å². The zero-order valence-corrected chi connectivity index (χ0v) is 12.9. The second kappa shape index (κ2) is 5.92. The van der Waals surface area contributed by atoms with Crippen molar-refractivity contribution in [3.05, 3.63) is 35.4 Å². The maximum atomic E-state index is 12.4. The Hall–Kier alpha value is -1.42. The Balaban J connectivity index is 2.05. The van der Waals surface area contributed by atoms with E-state index in [1.165, 1.54) is 11.1 Å². The van der Waals surface area contributed by atoms with Crippen LogP contribution in [0.4, 0.5) is 0 Å². The summed E-state index contributed by atoms with van der Waals surface area (Å²) in [5.41, 5.74) is 7.72. The Labute approximate surface area is 125 Å². The molecule has 20 heavy (non-hydrogen) atoms. The van der Waals surface area contributed by atoms with Gasteiger partial charge in [-0.05, 0) is 43.7 Å². The Bertz CT molecular complexity index is 529. The van der Waals surface area contributed by atoms with Gasteiger partial charge in [-0.3, -0.25) is 4.79 Å². The highest BCUT2D eigenvalue weighted by Crippen LogP contribution is 2.25. The highest BCUT2D eigenvalue weighted by molar-refractivity contribution is 7.80. The molecule has 1 aliphatic rings. The zero-order chi connectivity index (χ0) is 14.8. The Morgan fingerprint density at radius 3 is 2.70 bits per heavy atom. The number of nitrogens with two attached hydrogens (primary N) is 1. The van der Waals surface area contributed by atoms with Crippen molar-refractivity contribution in [2.45, 2.75) is 45.6 Å². The van der Waals surface area contributed by atoms with Gasteiger partial charge in [-0.15, -0.1) is 0 Å². The smallest absolute Gasteiger partial charge is 0.232 e. The van der Waals surface area contributed by atoms with Crippen molar-refractivity contribution in [3.63, 3.8) is 0 Å². The Kier molecular flexibility index (Phi) is 4.43. The molecule has 0 saturated carbocycles.